The summed E-state index contributed by atoms with van der Waals surface area (Å²) in [6, 6.07) is 0.596. The van der Waals surface area contributed by atoms with Crippen molar-refractivity contribution in [2.24, 2.45) is 0 Å². The lowest BCUT2D eigenvalue weighted by molar-refractivity contribution is 0.454. The van der Waals surface area contributed by atoms with Crippen molar-refractivity contribution >= 4 is 23.3 Å². The first-order valence-electron chi connectivity index (χ1n) is 6.48. The van der Waals surface area contributed by atoms with E-state index in [0.717, 1.165) is 10.9 Å². The van der Waals surface area contributed by atoms with Crippen molar-refractivity contribution in [3.8, 4) is 0 Å². The second-order valence-electron chi connectivity index (χ2n) is 4.12. The molecular weight excluding hydrogens is 250 g/mol. The van der Waals surface area contributed by atoms with Crippen LogP contribution in [0.1, 0.15) is 46.5 Å². The SMILES string of the molecule is CCCNC(CCC)C(CC)Sc1ncns1. The summed E-state index contributed by atoms with van der Waals surface area (Å²) in [4.78, 5) is 4.27. The fourth-order valence-corrected chi connectivity index (χ4v) is 3.74. The van der Waals surface area contributed by atoms with Gasteiger partial charge in [-0.25, -0.2) is 4.98 Å². The van der Waals surface area contributed by atoms with Gasteiger partial charge in [-0.2, -0.15) is 4.37 Å². The lowest BCUT2D eigenvalue weighted by Crippen LogP contribution is -2.38. The van der Waals surface area contributed by atoms with Gasteiger partial charge in [0.2, 0.25) is 0 Å². The van der Waals surface area contributed by atoms with Crippen molar-refractivity contribution in [1.82, 2.24) is 14.7 Å². The molecule has 1 aromatic heterocycles. The topological polar surface area (TPSA) is 37.8 Å². The predicted octanol–water partition coefficient (Wildman–Crippen LogP) is 3.58. The molecule has 0 bridgehead atoms. The van der Waals surface area contributed by atoms with Crippen molar-refractivity contribution in [1.29, 1.82) is 0 Å². The quantitative estimate of drug-likeness (QED) is 0.698. The number of aromatic nitrogens is 2. The molecule has 0 aliphatic carbocycles. The normalized spacial score (nSPS) is 14.8. The minimum absolute atomic E-state index is 0.596. The maximum absolute atomic E-state index is 4.27. The fraction of sp³-hybridized carbons (Fsp3) is 0.833. The highest BCUT2D eigenvalue weighted by molar-refractivity contribution is 8.01. The number of rotatable bonds is 9. The second kappa shape index (κ2) is 8.89. The fourth-order valence-electron chi connectivity index (χ4n) is 1.85. The molecule has 17 heavy (non-hydrogen) atoms. The predicted molar refractivity (Wildman–Crippen MR) is 76.8 cm³/mol. The van der Waals surface area contributed by atoms with Gasteiger partial charge in [-0.15, -0.1) is 0 Å². The van der Waals surface area contributed by atoms with Crippen LogP contribution in [0.4, 0.5) is 0 Å². The lowest BCUT2D eigenvalue weighted by atomic mass is 10.1. The highest BCUT2D eigenvalue weighted by Crippen LogP contribution is 2.29. The Morgan fingerprint density at radius 3 is 2.71 bits per heavy atom. The van der Waals surface area contributed by atoms with Crippen LogP contribution in [0.5, 0.6) is 0 Å². The molecule has 1 rings (SSSR count). The molecule has 3 nitrogen and oxygen atoms in total. The van der Waals surface area contributed by atoms with E-state index in [1.165, 1.54) is 37.2 Å². The van der Waals surface area contributed by atoms with Crippen LogP contribution in [0.3, 0.4) is 0 Å². The summed E-state index contributed by atoms with van der Waals surface area (Å²) in [5.41, 5.74) is 0. The smallest absolute Gasteiger partial charge is 0.170 e. The number of nitrogens with zero attached hydrogens (tertiary/aromatic N) is 2. The van der Waals surface area contributed by atoms with Gasteiger partial charge in [0, 0.05) is 11.3 Å². The number of nitrogens with one attached hydrogen (secondary N) is 1. The standard InChI is InChI=1S/C12H23N3S2/c1-4-7-10(13-8-5-2)11(6-3)16-12-14-9-15-17-12/h9-11,13H,4-8H2,1-3H3. The van der Waals surface area contributed by atoms with E-state index in [2.05, 4.69) is 35.4 Å². The summed E-state index contributed by atoms with van der Waals surface area (Å²) in [6.45, 7) is 7.84. The zero-order valence-corrected chi connectivity index (χ0v) is 12.6. The molecule has 1 heterocycles. The Hall–Kier alpha value is -0.130. The van der Waals surface area contributed by atoms with E-state index < -0.39 is 0 Å². The van der Waals surface area contributed by atoms with E-state index in [4.69, 9.17) is 0 Å². The average molecular weight is 273 g/mol. The summed E-state index contributed by atoms with van der Waals surface area (Å²) in [7, 11) is 0. The van der Waals surface area contributed by atoms with Crippen LogP contribution in [-0.4, -0.2) is 27.2 Å². The first-order chi connectivity index (χ1) is 8.31. The van der Waals surface area contributed by atoms with Crippen molar-refractivity contribution in [3.05, 3.63) is 6.33 Å². The van der Waals surface area contributed by atoms with Gasteiger partial charge in [0.1, 0.15) is 6.33 Å². The van der Waals surface area contributed by atoms with E-state index in [0.29, 0.717) is 11.3 Å². The molecule has 0 fully saturated rings. The van der Waals surface area contributed by atoms with E-state index in [-0.39, 0.29) is 0 Å². The van der Waals surface area contributed by atoms with E-state index >= 15 is 0 Å². The number of hydrogen-bond acceptors (Lipinski definition) is 5. The molecule has 0 radical (unpaired) electrons. The molecule has 5 heteroatoms. The summed E-state index contributed by atoms with van der Waals surface area (Å²) < 4.78 is 5.16. The Morgan fingerprint density at radius 1 is 1.35 bits per heavy atom. The number of thioether (sulfide) groups is 1. The third-order valence-corrected chi connectivity index (χ3v) is 4.95. The Morgan fingerprint density at radius 2 is 2.18 bits per heavy atom. The monoisotopic (exact) mass is 273 g/mol. The molecule has 0 aliphatic rings. The molecule has 0 aromatic carbocycles. The van der Waals surface area contributed by atoms with Crippen LogP contribution in [-0.2, 0) is 0 Å². The van der Waals surface area contributed by atoms with Gasteiger partial charge < -0.3 is 5.32 Å². The van der Waals surface area contributed by atoms with Gasteiger partial charge in [-0.1, -0.05) is 39.0 Å². The number of hydrogen-bond donors (Lipinski definition) is 1. The molecular formula is C12H23N3S2. The molecule has 0 saturated carbocycles. The Labute approximate surface area is 113 Å². The van der Waals surface area contributed by atoms with E-state index in [9.17, 15) is 0 Å². The molecule has 0 aliphatic heterocycles. The lowest BCUT2D eigenvalue weighted by Gasteiger charge is -2.25. The summed E-state index contributed by atoms with van der Waals surface area (Å²) in [5.74, 6) is 0. The summed E-state index contributed by atoms with van der Waals surface area (Å²) in [5, 5.41) is 4.28. The van der Waals surface area contributed by atoms with E-state index in [1.807, 2.05) is 11.8 Å². The van der Waals surface area contributed by atoms with Crippen molar-refractivity contribution in [2.45, 2.75) is 62.1 Å². The summed E-state index contributed by atoms with van der Waals surface area (Å²) >= 11 is 3.38. The Balaban J connectivity index is 2.53. The highest BCUT2D eigenvalue weighted by atomic mass is 32.2. The zero-order valence-electron chi connectivity index (χ0n) is 11.0. The third kappa shape index (κ3) is 5.36. The van der Waals surface area contributed by atoms with Crippen LogP contribution in [0.25, 0.3) is 0 Å². The highest BCUT2D eigenvalue weighted by Gasteiger charge is 2.20. The molecule has 1 aromatic rings. The minimum atomic E-state index is 0.596. The molecule has 0 amide bonds. The zero-order chi connectivity index (χ0) is 12.5. The molecule has 98 valence electrons. The molecule has 0 saturated heterocycles. The molecule has 2 unspecified atom stereocenters. The van der Waals surface area contributed by atoms with Crippen molar-refractivity contribution < 1.29 is 0 Å². The maximum Gasteiger partial charge on any atom is 0.170 e. The van der Waals surface area contributed by atoms with Crippen LogP contribution < -0.4 is 5.32 Å². The average Bonchev–Trinajstić information content (AvgIpc) is 2.84. The van der Waals surface area contributed by atoms with Gasteiger partial charge in [-0.05, 0) is 37.3 Å². The first-order valence-corrected chi connectivity index (χ1v) is 8.13. The van der Waals surface area contributed by atoms with Crippen molar-refractivity contribution in [3.63, 3.8) is 0 Å². The minimum Gasteiger partial charge on any atom is -0.313 e. The van der Waals surface area contributed by atoms with Gasteiger partial charge in [-0.3, -0.25) is 0 Å². The third-order valence-electron chi connectivity index (χ3n) is 2.70. The second-order valence-corrected chi connectivity index (χ2v) is 6.39. The van der Waals surface area contributed by atoms with Crippen LogP contribution in [0.15, 0.2) is 10.7 Å². The Bertz CT molecular complexity index is 277. The van der Waals surface area contributed by atoms with Gasteiger partial charge in [0.05, 0.1) is 0 Å². The largest absolute Gasteiger partial charge is 0.313 e. The van der Waals surface area contributed by atoms with Crippen molar-refractivity contribution in [2.75, 3.05) is 6.54 Å². The van der Waals surface area contributed by atoms with Gasteiger partial charge >= 0.3 is 0 Å². The molecule has 1 N–H and O–H groups in total. The first kappa shape index (κ1) is 14.9. The van der Waals surface area contributed by atoms with Gasteiger partial charge in [0.15, 0.2) is 4.34 Å². The van der Waals surface area contributed by atoms with Crippen LogP contribution >= 0.6 is 23.3 Å². The van der Waals surface area contributed by atoms with Crippen LogP contribution in [0.2, 0.25) is 0 Å². The van der Waals surface area contributed by atoms with Crippen LogP contribution in [0, 0.1) is 0 Å². The molecule has 2 atom stereocenters. The Kier molecular flexibility index (Phi) is 7.81. The maximum atomic E-state index is 4.27. The summed E-state index contributed by atoms with van der Waals surface area (Å²) in [6.07, 6.45) is 6.48. The van der Waals surface area contributed by atoms with E-state index in [1.54, 1.807) is 6.33 Å². The molecule has 0 spiro atoms. The van der Waals surface area contributed by atoms with Gasteiger partial charge in [0.25, 0.3) is 0 Å².